The van der Waals surface area contributed by atoms with E-state index in [1.807, 2.05) is 37.3 Å². The van der Waals surface area contributed by atoms with Crippen molar-refractivity contribution in [3.63, 3.8) is 0 Å². The van der Waals surface area contributed by atoms with Crippen molar-refractivity contribution in [2.24, 2.45) is 17.3 Å². The number of nitrogens with one attached hydrogen (secondary N) is 2. The van der Waals surface area contributed by atoms with E-state index < -0.39 is 23.2 Å². The van der Waals surface area contributed by atoms with Crippen LogP contribution in [0.5, 0.6) is 0 Å². The molecule has 0 saturated heterocycles. The van der Waals surface area contributed by atoms with Gasteiger partial charge in [-0.3, -0.25) is 14.7 Å². The normalized spacial score (nSPS) is 21.7. The number of aromatic nitrogens is 2. The predicted octanol–water partition coefficient (Wildman–Crippen LogP) is 2.68. The maximum atomic E-state index is 12.5. The van der Waals surface area contributed by atoms with Crippen LogP contribution in [0.3, 0.4) is 0 Å². The molecule has 6 nitrogen and oxygen atoms in total. The number of carbonyl (C=O) groups is 2. The summed E-state index contributed by atoms with van der Waals surface area (Å²) in [4.78, 5) is 23.7. The van der Waals surface area contributed by atoms with E-state index in [-0.39, 0.29) is 5.91 Å². The number of hydrogen-bond acceptors (Lipinski definition) is 3. The largest absolute Gasteiger partial charge is 0.481 e. The van der Waals surface area contributed by atoms with Gasteiger partial charge in [0.15, 0.2) is 5.82 Å². The Morgan fingerprint density at radius 2 is 1.87 bits per heavy atom. The van der Waals surface area contributed by atoms with Crippen molar-refractivity contribution in [3.05, 3.63) is 36.0 Å². The van der Waals surface area contributed by atoms with Gasteiger partial charge in [0.1, 0.15) is 0 Å². The highest BCUT2D eigenvalue weighted by Gasteiger charge is 2.66. The molecule has 3 rings (SSSR count). The number of carbonyl (C=O) groups excluding carboxylic acids is 1. The third-order valence-corrected chi connectivity index (χ3v) is 4.63. The first-order chi connectivity index (χ1) is 10.8. The summed E-state index contributed by atoms with van der Waals surface area (Å²) in [5.74, 6) is -1.99. The van der Waals surface area contributed by atoms with Crippen molar-refractivity contribution in [2.75, 3.05) is 5.32 Å². The summed E-state index contributed by atoms with van der Waals surface area (Å²) in [5, 5.41) is 19.0. The van der Waals surface area contributed by atoms with Crippen LogP contribution in [0.4, 0.5) is 5.82 Å². The molecular weight excluding hydrogens is 294 g/mol. The molecule has 1 amide bonds. The third kappa shape index (κ3) is 2.50. The average Bonchev–Trinajstić information content (AvgIpc) is 2.91. The van der Waals surface area contributed by atoms with Crippen LogP contribution in [-0.2, 0) is 9.59 Å². The average molecular weight is 313 g/mol. The molecule has 0 aliphatic heterocycles. The van der Waals surface area contributed by atoms with Crippen LogP contribution in [0.1, 0.15) is 19.5 Å². The zero-order valence-corrected chi connectivity index (χ0v) is 13.3. The highest BCUT2D eigenvalue weighted by Crippen LogP contribution is 2.58. The van der Waals surface area contributed by atoms with Gasteiger partial charge in [-0.25, -0.2) is 0 Å². The molecule has 2 aromatic rings. The second kappa shape index (κ2) is 5.22. The lowest BCUT2D eigenvalue weighted by atomic mass is 10.1. The van der Waals surface area contributed by atoms with Crippen molar-refractivity contribution in [1.82, 2.24) is 10.2 Å². The summed E-state index contributed by atoms with van der Waals surface area (Å²) in [6, 6.07) is 9.63. The van der Waals surface area contributed by atoms with Gasteiger partial charge in [-0.15, -0.1) is 0 Å². The van der Waals surface area contributed by atoms with Gasteiger partial charge in [-0.1, -0.05) is 44.2 Å². The second-order valence-electron chi connectivity index (χ2n) is 6.54. The molecule has 0 bridgehead atoms. The Hall–Kier alpha value is -2.63. The molecule has 1 heterocycles. The second-order valence-corrected chi connectivity index (χ2v) is 6.54. The van der Waals surface area contributed by atoms with E-state index in [2.05, 4.69) is 15.5 Å². The van der Waals surface area contributed by atoms with Crippen molar-refractivity contribution in [2.45, 2.75) is 20.8 Å². The van der Waals surface area contributed by atoms with Gasteiger partial charge in [0.05, 0.1) is 11.8 Å². The number of aromatic amines is 1. The van der Waals surface area contributed by atoms with Gasteiger partial charge in [0, 0.05) is 11.3 Å². The first-order valence-corrected chi connectivity index (χ1v) is 7.48. The molecule has 1 fully saturated rings. The molecule has 1 aromatic carbocycles. The molecule has 1 aromatic heterocycles. The maximum absolute atomic E-state index is 12.5. The molecule has 23 heavy (non-hydrogen) atoms. The van der Waals surface area contributed by atoms with Crippen LogP contribution >= 0.6 is 0 Å². The van der Waals surface area contributed by atoms with Gasteiger partial charge >= 0.3 is 5.97 Å². The number of benzene rings is 1. The minimum Gasteiger partial charge on any atom is -0.481 e. The molecule has 3 N–H and O–H groups in total. The van der Waals surface area contributed by atoms with Crippen LogP contribution in [0.25, 0.3) is 11.1 Å². The van der Waals surface area contributed by atoms with Gasteiger partial charge in [-0.2, -0.15) is 5.10 Å². The highest BCUT2D eigenvalue weighted by atomic mass is 16.4. The van der Waals surface area contributed by atoms with E-state index >= 15 is 0 Å². The van der Waals surface area contributed by atoms with Gasteiger partial charge in [0.25, 0.3) is 0 Å². The Bertz CT molecular complexity index is 765. The number of H-pyrrole nitrogens is 1. The molecular formula is C17H19N3O3. The van der Waals surface area contributed by atoms with E-state index in [9.17, 15) is 14.7 Å². The molecule has 6 heteroatoms. The Balaban J connectivity index is 1.85. The minimum absolute atomic E-state index is 0.300. The summed E-state index contributed by atoms with van der Waals surface area (Å²) in [6.45, 7) is 5.47. The van der Waals surface area contributed by atoms with Gasteiger partial charge in [0.2, 0.25) is 5.91 Å². The summed E-state index contributed by atoms with van der Waals surface area (Å²) in [7, 11) is 0. The summed E-state index contributed by atoms with van der Waals surface area (Å²) in [6.07, 6.45) is 0. The number of carboxylic acids is 1. The van der Waals surface area contributed by atoms with E-state index in [1.165, 1.54) is 0 Å². The zero-order chi connectivity index (χ0) is 16.8. The number of aliphatic carboxylic acids is 1. The maximum Gasteiger partial charge on any atom is 0.307 e. The SMILES string of the molecule is Cc1[nH]nc(NC(=O)[C@@H]2[C@@H](C(=O)O)C2(C)C)c1-c1ccccc1. The van der Waals surface area contributed by atoms with E-state index in [0.717, 1.165) is 16.8 Å². The molecule has 1 aliphatic carbocycles. The number of nitrogens with zero attached hydrogens (tertiary/aromatic N) is 1. The third-order valence-electron chi connectivity index (χ3n) is 4.63. The Kier molecular flexibility index (Phi) is 3.47. The van der Waals surface area contributed by atoms with Crippen molar-refractivity contribution in [3.8, 4) is 11.1 Å². The molecule has 120 valence electrons. The van der Waals surface area contributed by atoms with Crippen LogP contribution in [-0.4, -0.2) is 27.2 Å². The Morgan fingerprint density at radius 3 is 2.43 bits per heavy atom. The van der Waals surface area contributed by atoms with Gasteiger partial charge in [-0.05, 0) is 17.9 Å². The quantitative estimate of drug-likeness (QED) is 0.808. The fourth-order valence-corrected chi connectivity index (χ4v) is 3.26. The topological polar surface area (TPSA) is 95.1 Å². The monoisotopic (exact) mass is 313 g/mol. The fraction of sp³-hybridized carbons (Fsp3) is 0.353. The number of aryl methyl sites for hydroxylation is 1. The van der Waals surface area contributed by atoms with Crippen molar-refractivity contribution in [1.29, 1.82) is 0 Å². The first-order valence-electron chi connectivity index (χ1n) is 7.48. The molecule has 0 unspecified atom stereocenters. The van der Waals surface area contributed by atoms with Crippen molar-refractivity contribution >= 4 is 17.7 Å². The first kappa shape index (κ1) is 15.3. The van der Waals surface area contributed by atoms with Crippen LogP contribution in [0.15, 0.2) is 30.3 Å². The minimum atomic E-state index is -0.934. The van der Waals surface area contributed by atoms with Crippen LogP contribution in [0, 0.1) is 24.2 Å². The smallest absolute Gasteiger partial charge is 0.307 e. The van der Waals surface area contributed by atoms with Crippen LogP contribution < -0.4 is 5.32 Å². The summed E-state index contributed by atoms with van der Waals surface area (Å²) in [5.41, 5.74) is 2.08. The molecule has 2 atom stereocenters. The Morgan fingerprint density at radius 1 is 1.22 bits per heavy atom. The summed E-state index contributed by atoms with van der Waals surface area (Å²) < 4.78 is 0. The predicted molar refractivity (Wildman–Crippen MR) is 85.8 cm³/mol. The van der Waals surface area contributed by atoms with Crippen molar-refractivity contribution < 1.29 is 14.7 Å². The number of hydrogen-bond donors (Lipinski definition) is 3. The molecule has 0 radical (unpaired) electrons. The standard InChI is InChI=1S/C17H19N3O3/c1-9-11(10-7-5-4-6-8-10)14(20-19-9)18-15(21)12-13(16(22)23)17(12,2)3/h4-8,12-13H,1-3H3,(H,22,23)(H2,18,19,20,21)/t12-,13-/m0/s1. The van der Waals surface area contributed by atoms with Gasteiger partial charge < -0.3 is 10.4 Å². The van der Waals surface area contributed by atoms with E-state index in [4.69, 9.17) is 0 Å². The lowest BCUT2D eigenvalue weighted by Crippen LogP contribution is -2.18. The highest BCUT2D eigenvalue weighted by molar-refractivity contribution is 6.01. The van der Waals surface area contributed by atoms with E-state index in [1.54, 1.807) is 13.8 Å². The van der Waals surface area contributed by atoms with E-state index in [0.29, 0.717) is 5.82 Å². The molecule has 0 spiro atoms. The molecule has 1 saturated carbocycles. The van der Waals surface area contributed by atoms with Crippen LogP contribution in [0.2, 0.25) is 0 Å². The molecule has 1 aliphatic rings. The fourth-order valence-electron chi connectivity index (χ4n) is 3.26. The lowest BCUT2D eigenvalue weighted by molar-refractivity contribution is -0.140. The Labute approximate surface area is 133 Å². The number of anilines is 1. The number of carboxylic acid groups (broad SMARTS) is 1. The number of rotatable bonds is 4. The number of amides is 1. The zero-order valence-electron chi connectivity index (χ0n) is 13.3. The summed E-state index contributed by atoms with van der Waals surface area (Å²) >= 11 is 0. The lowest BCUT2D eigenvalue weighted by Gasteiger charge is -2.07.